The predicted molar refractivity (Wildman–Crippen MR) is 110 cm³/mol. The number of rotatable bonds is 4. The van der Waals surface area contributed by atoms with Gasteiger partial charge in [-0.3, -0.25) is 9.78 Å². The first-order valence-corrected chi connectivity index (χ1v) is 10.7. The number of piperazine rings is 1. The smallest absolute Gasteiger partial charge is 0.275 e. The van der Waals surface area contributed by atoms with Crippen molar-refractivity contribution >= 4 is 32.7 Å². The van der Waals surface area contributed by atoms with Gasteiger partial charge in [0.05, 0.1) is 22.1 Å². The van der Waals surface area contributed by atoms with Crippen LogP contribution in [-0.4, -0.2) is 66.7 Å². The zero-order chi connectivity index (χ0) is 20.4. The summed E-state index contributed by atoms with van der Waals surface area (Å²) in [6.07, 6.45) is 1.42. The number of amides is 1. The van der Waals surface area contributed by atoms with Crippen molar-refractivity contribution < 1.29 is 13.2 Å². The van der Waals surface area contributed by atoms with Crippen LogP contribution in [0.5, 0.6) is 0 Å². The van der Waals surface area contributed by atoms with Gasteiger partial charge in [0, 0.05) is 31.9 Å². The van der Waals surface area contributed by atoms with Crippen LogP contribution < -0.4 is 5.32 Å². The Kier molecular flexibility index (Phi) is 5.27. The Morgan fingerprint density at radius 3 is 2.31 bits per heavy atom. The third kappa shape index (κ3) is 4.12. The lowest BCUT2D eigenvalue weighted by Gasteiger charge is -2.31. The summed E-state index contributed by atoms with van der Waals surface area (Å²) in [6.45, 7) is 2.36. The highest BCUT2D eigenvalue weighted by molar-refractivity contribution is 7.89. The largest absolute Gasteiger partial charge is 0.321 e. The van der Waals surface area contributed by atoms with Crippen LogP contribution in [-0.2, 0) is 10.0 Å². The SMILES string of the molecule is CN1CCN(S(=O)(=O)c2ccc(NC(=O)c3cnc4ccccc4n3)cc2)CC1. The van der Waals surface area contributed by atoms with Gasteiger partial charge in [0.1, 0.15) is 5.69 Å². The van der Waals surface area contributed by atoms with E-state index in [4.69, 9.17) is 0 Å². The minimum Gasteiger partial charge on any atom is -0.321 e. The predicted octanol–water partition coefficient (Wildman–Crippen LogP) is 1.82. The molecule has 1 N–H and O–H groups in total. The van der Waals surface area contributed by atoms with Crippen molar-refractivity contribution in [3.05, 3.63) is 60.4 Å². The number of likely N-dealkylation sites (N-methyl/N-ethyl adjacent to an activating group) is 1. The molecule has 1 aliphatic heterocycles. The number of nitrogens with zero attached hydrogens (tertiary/aromatic N) is 4. The van der Waals surface area contributed by atoms with E-state index in [-0.39, 0.29) is 10.6 Å². The van der Waals surface area contributed by atoms with Crippen molar-refractivity contribution in [3.63, 3.8) is 0 Å². The second kappa shape index (κ2) is 7.86. The van der Waals surface area contributed by atoms with Crippen LogP contribution in [0.1, 0.15) is 10.5 Å². The zero-order valence-electron chi connectivity index (χ0n) is 15.9. The molecule has 0 radical (unpaired) electrons. The van der Waals surface area contributed by atoms with E-state index in [1.807, 2.05) is 25.2 Å². The lowest BCUT2D eigenvalue weighted by atomic mass is 10.3. The number of hydrogen-bond acceptors (Lipinski definition) is 6. The molecule has 29 heavy (non-hydrogen) atoms. The molecule has 1 aliphatic rings. The maximum Gasteiger partial charge on any atom is 0.275 e. The molecule has 1 fully saturated rings. The van der Waals surface area contributed by atoms with Crippen LogP contribution in [0.2, 0.25) is 0 Å². The van der Waals surface area contributed by atoms with Gasteiger partial charge in [0.2, 0.25) is 10.0 Å². The summed E-state index contributed by atoms with van der Waals surface area (Å²) in [6, 6.07) is 13.5. The zero-order valence-corrected chi connectivity index (χ0v) is 16.8. The highest BCUT2D eigenvalue weighted by Gasteiger charge is 2.27. The average molecular weight is 411 g/mol. The molecule has 9 heteroatoms. The van der Waals surface area contributed by atoms with Crippen molar-refractivity contribution in [3.8, 4) is 0 Å². The average Bonchev–Trinajstić information content (AvgIpc) is 2.74. The fourth-order valence-electron chi connectivity index (χ4n) is 3.15. The van der Waals surface area contributed by atoms with E-state index >= 15 is 0 Å². The molecule has 0 saturated carbocycles. The monoisotopic (exact) mass is 411 g/mol. The van der Waals surface area contributed by atoms with Gasteiger partial charge >= 0.3 is 0 Å². The molecule has 0 spiro atoms. The van der Waals surface area contributed by atoms with Gasteiger partial charge in [-0.2, -0.15) is 4.31 Å². The van der Waals surface area contributed by atoms with E-state index in [0.29, 0.717) is 42.9 Å². The molecule has 0 atom stereocenters. The highest BCUT2D eigenvalue weighted by atomic mass is 32.2. The number of carbonyl (C=O) groups is 1. The Labute approximate surface area is 169 Å². The van der Waals surface area contributed by atoms with Gasteiger partial charge in [-0.1, -0.05) is 12.1 Å². The first-order valence-electron chi connectivity index (χ1n) is 9.25. The summed E-state index contributed by atoms with van der Waals surface area (Å²) in [7, 11) is -1.56. The molecule has 0 bridgehead atoms. The molecular formula is C20H21N5O3S. The second-order valence-corrected chi connectivity index (χ2v) is 8.87. The van der Waals surface area contributed by atoms with E-state index in [1.54, 1.807) is 18.2 Å². The standard InChI is InChI=1S/C20H21N5O3S/c1-24-10-12-25(13-11-24)29(27,28)16-8-6-15(7-9-16)22-20(26)19-14-21-17-4-2-3-5-18(17)23-19/h2-9,14H,10-13H2,1H3,(H,22,26). The highest BCUT2D eigenvalue weighted by Crippen LogP contribution is 2.20. The summed E-state index contributed by atoms with van der Waals surface area (Å²) in [5.41, 5.74) is 2.02. The van der Waals surface area contributed by atoms with Crippen LogP contribution in [0, 0.1) is 0 Å². The maximum atomic E-state index is 12.8. The summed E-state index contributed by atoms with van der Waals surface area (Å²) in [5, 5.41) is 2.73. The number of carbonyl (C=O) groups excluding carboxylic acids is 1. The van der Waals surface area contributed by atoms with E-state index in [0.717, 1.165) is 0 Å². The van der Waals surface area contributed by atoms with E-state index in [1.165, 1.54) is 22.6 Å². The van der Waals surface area contributed by atoms with Crippen molar-refractivity contribution in [2.24, 2.45) is 0 Å². The fourth-order valence-corrected chi connectivity index (χ4v) is 4.57. The Morgan fingerprint density at radius 1 is 0.966 bits per heavy atom. The first-order chi connectivity index (χ1) is 13.9. The van der Waals surface area contributed by atoms with Crippen molar-refractivity contribution in [2.45, 2.75) is 4.90 Å². The number of aromatic nitrogens is 2. The molecular weight excluding hydrogens is 390 g/mol. The Hall–Kier alpha value is -2.88. The minimum absolute atomic E-state index is 0.192. The van der Waals surface area contributed by atoms with Crippen molar-refractivity contribution in [1.29, 1.82) is 0 Å². The van der Waals surface area contributed by atoms with Crippen LogP contribution in [0.4, 0.5) is 5.69 Å². The second-order valence-electron chi connectivity index (χ2n) is 6.93. The van der Waals surface area contributed by atoms with E-state index < -0.39 is 15.9 Å². The molecule has 0 unspecified atom stereocenters. The van der Waals surface area contributed by atoms with Gasteiger partial charge in [-0.25, -0.2) is 13.4 Å². The number of nitrogens with one attached hydrogen (secondary N) is 1. The lowest BCUT2D eigenvalue weighted by molar-refractivity contribution is 0.102. The fraction of sp³-hybridized carbons (Fsp3) is 0.250. The molecule has 3 aromatic rings. The lowest BCUT2D eigenvalue weighted by Crippen LogP contribution is -2.46. The quantitative estimate of drug-likeness (QED) is 0.704. The molecule has 8 nitrogen and oxygen atoms in total. The van der Waals surface area contributed by atoms with Gasteiger partial charge in [0.15, 0.2) is 0 Å². The summed E-state index contributed by atoms with van der Waals surface area (Å²) >= 11 is 0. The Bertz CT molecular complexity index is 1140. The molecule has 150 valence electrons. The number of hydrogen-bond donors (Lipinski definition) is 1. The van der Waals surface area contributed by atoms with Crippen LogP contribution in [0.25, 0.3) is 11.0 Å². The minimum atomic E-state index is -3.54. The molecule has 4 rings (SSSR count). The van der Waals surface area contributed by atoms with Crippen molar-refractivity contribution in [2.75, 3.05) is 38.5 Å². The molecule has 1 saturated heterocycles. The van der Waals surface area contributed by atoms with Crippen LogP contribution in [0.3, 0.4) is 0 Å². The van der Waals surface area contributed by atoms with E-state index in [9.17, 15) is 13.2 Å². The van der Waals surface area contributed by atoms with Crippen LogP contribution >= 0.6 is 0 Å². The number of fused-ring (bicyclic) bond motifs is 1. The van der Waals surface area contributed by atoms with Crippen molar-refractivity contribution in [1.82, 2.24) is 19.2 Å². The molecule has 1 aromatic heterocycles. The number of sulfonamides is 1. The summed E-state index contributed by atoms with van der Waals surface area (Å²) in [5.74, 6) is -0.405. The van der Waals surface area contributed by atoms with Gasteiger partial charge in [0.25, 0.3) is 5.91 Å². The topological polar surface area (TPSA) is 95.5 Å². The van der Waals surface area contributed by atoms with Gasteiger partial charge in [-0.15, -0.1) is 0 Å². The maximum absolute atomic E-state index is 12.8. The molecule has 1 amide bonds. The van der Waals surface area contributed by atoms with Crippen LogP contribution in [0.15, 0.2) is 59.6 Å². The van der Waals surface area contributed by atoms with E-state index in [2.05, 4.69) is 20.2 Å². The number of benzene rings is 2. The third-order valence-corrected chi connectivity index (χ3v) is 6.81. The Morgan fingerprint density at radius 2 is 1.62 bits per heavy atom. The molecule has 2 heterocycles. The third-order valence-electron chi connectivity index (χ3n) is 4.89. The van der Waals surface area contributed by atoms with Gasteiger partial charge < -0.3 is 10.2 Å². The normalized spacial score (nSPS) is 16.0. The number of para-hydroxylation sites is 2. The summed E-state index contributed by atoms with van der Waals surface area (Å²) in [4.78, 5) is 23.3. The van der Waals surface area contributed by atoms with Gasteiger partial charge in [-0.05, 0) is 43.4 Å². The number of anilines is 1. The molecule has 0 aliphatic carbocycles. The molecule has 2 aromatic carbocycles. The Balaban J connectivity index is 1.48. The summed E-state index contributed by atoms with van der Waals surface area (Å²) < 4.78 is 27.0. The first kappa shape index (κ1) is 19.4.